The third kappa shape index (κ3) is 4.41. The number of hydrogen-bond donors (Lipinski definition) is 2. The minimum atomic E-state index is -0.332. The molecule has 17 heavy (non-hydrogen) atoms. The van der Waals surface area contributed by atoms with E-state index in [0.29, 0.717) is 17.3 Å². The SMILES string of the molecule is CC(C)CC(C)(CN)NC(=O)c1ccc(Br)s1. The molecule has 0 spiro atoms. The Morgan fingerprint density at radius 1 is 1.59 bits per heavy atom. The van der Waals surface area contributed by atoms with Crippen molar-refractivity contribution >= 4 is 33.2 Å². The van der Waals surface area contributed by atoms with Crippen molar-refractivity contribution in [2.75, 3.05) is 6.54 Å². The summed E-state index contributed by atoms with van der Waals surface area (Å²) in [6, 6.07) is 3.69. The van der Waals surface area contributed by atoms with Crippen molar-refractivity contribution in [3.8, 4) is 0 Å². The van der Waals surface area contributed by atoms with Crippen LogP contribution in [0.3, 0.4) is 0 Å². The van der Waals surface area contributed by atoms with Gasteiger partial charge in [0.1, 0.15) is 0 Å². The molecule has 0 aromatic carbocycles. The molecule has 3 N–H and O–H groups in total. The Balaban J connectivity index is 2.71. The van der Waals surface area contributed by atoms with E-state index in [2.05, 4.69) is 35.1 Å². The largest absolute Gasteiger partial charge is 0.345 e. The van der Waals surface area contributed by atoms with Crippen molar-refractivity contribution in [2.45, 2.75) is 32.7 Å². The lowest BCUT2D eigenvalue weighted by atomic mass is 9.90. The number of rotatable bonds is 5. The third-order valence-corrected chi connectivity index (χ3v) is 4.14. The molecule has 0 fully saturated rings. The molecule has 1 aromatic rings. The van der Waals surface area contributed by atoms with Crippen LogP contribution in [-0.2, 0) is 0 Å². The van der Waals surface area contributed by atoms with E-state index in [9.17, 15) is 4.79 Å². The molecule has 1 rings (SSSR count). The molecular weight excluding hydrogens is 300 g/mol. The predicted molar refractivity (Wildman–Crippen MR) is 76.4 cm³/mol. The van der Waals surface area contributed by atoms with E-state index >= 15 is 0 Å². The van der Waals surface area contributed by atoms with Crippen LogP contribution in [0, 0.1) is 5.92 Å². The van der Waals surface area contributed by atoms with E-state index in [0.717, 1.165) is 10.2 Å². The molecule has 3 nitrogen and oxygen atoms in total. The van der Waals surface area contributed by atoms with Crippen molar-refractivity contribution in [1.29, 1.82) is 0 Å². The molecule has 1 amide bonds. The zero-order valence-electron chi connectivity index (χ0n) is 10.4. The van der Waals surface area contributed by atoms with Crippen molar-refractivity contribution in [3.63, 3.8) is 0 Å². The zero-order chi connectivity index (χ0) is 13.1. The number of halogens is 1. The Hall–Kier alpha value is -0.390. The topological polar surface area (TPSA) is 55.1 Å². The van der Waals surface area contributed by atoms with Crippen LogP contribution in [0.25, 0.3) is 0 Å². The summed E-state index contributed by atoms with van der Waals surface area (Å²) >= 11 is 4.78. The second-order valence-electron chi connectivity index (χ2n) is 4.92. The Morgan fingerprint density at radius 3 is 2.65 bits per heavy atom. The molecule has 96 valence electrons. The predicted octanol–water partition coefficient (Wildman–Crippen LogP) is 3.00. The number of thiophene rings is 1. The van der Waals surface area contributed by atoms with Crippen LogP contribution < -0.4 is 11.1 Å². The highest BCUT2D eigenvalue weighted by Crippen LogP contribution is 2.23. The van der Waals surface area contributed by atoms with Gasteiger partial charge in [-0.3, -0.25) is 4.79 Å². The highest BCUT2D eigenvalue weighted by Gasteiger charge is 2.26. The van der Waals surface area contributed by atoms with Crippen LogP contribution in [0.1, 0.15) is 36.9 Å². The van der Waals surface area contributed by atoms with Gasteiger partial charge in [0.05, 0.1) is 14.2 Å². The average molecular weight is 319 g/mol. The molecule has 0 aliphatic heterocycles. The number of nitrogens with two attached hydrogens (primary N) is 1. The average Bonchev–Trinajstić information content (AvgIpc) is 2.63. The first kappa shape index (κ1) is 14.7. The third-order valence-electron chi connectivity index (χ3n) is 2.52. The minimum Gasteiger partial charge on any atom is -0.345 e. The van der Waals surface area contributed by atoms with Gasteiger partial charge in [-0.2, -0.15) is 0 Å². The Labute approximate surface area is 115 Å². The summed E-state index contributed by atoms with van der Waals surface area (Å²) in [7, 11) is 0. The number of carbonyl (C=O) groups excluding carboxylic acids is 1. The molecule has 0 bridgehead atoms. The lowest BCUT2D eigenvalue weighted by Crippen LogP contribution is -2.52. The van der Waals surface area contributed by atoms with Gasteiger partial charge in [-0.25, -0.2) is 0 Å². The van der Waals surface area contributed by atoms with Crippen LogP contribution in [-0.4, -0.2) is 18.0 Å². The van der Waals surface area contributed by atoms with E-state index in [1.807, 2.05) is 19.1 Å². The molecule has 0 saturated carbocycles. The van der Waals surface area contributed by atoms with Gasteiger partial charge in [-0.15, -0.1) is 11.3 Å². The molecule has 5 heteroatoms. The summed E-state index contributed by atoms with van der Waals surface area (Å²) in [5.74, 6) is 0.452. The van der Waals surface area contributed by atoms with E-state index in [4.69, 9.17) is 5.73 Å². The monoisotopic (exact) mass is 318 g/mol. The first-order chi connectivity index (χ1) is 7.86. The van der Waals surface area contributed by atoms with Gasteiger partial charge in [-0.1, -0.05) is 13.8 Å². The molecule has 0 radical (unpaired) electrons. The lowest BCUT2D eigenvalue weighted by molar-refractivity contribution is 0.0902. The highest BCUT2D eigenvalue weighted by atomic mass is 79.9. The maximum Gasteiger partial charge on any atom is 0.261 e. The van der Waals surface area contributed by atoms with Gasteiger partial charge in [0.15, 0.2) is 0 Å². The van der Waals surface area contributed by atoms with E-state index < -0.39 is 0 Å². The fourth-order valence-electron chi connectivity index (χ4n) is 1.86. The molecule has 1 heterocycles. The molecule has 0 saturated heterocycles. The lowest BCUT2D eigenvalue weighted by Gasteiger charge is -2.31. The van der Waals surface area contributed by atoms with Crippen molar-refractivity contribution in [3.05, 3.63) is 20.8 Å². The van der Waals surface area contributed by atoms with E-state index in [1.165, 1.54) is 11.3 Å². The van der Waals surface area contributed by atoms with Gasteiger partial charge < -0.3 is 11.1 Å². The van der Waals surface area contributed by atoms with Gasteiger partial charge in [0.2, 0.25) is 0 Å². The normalized spacial score (nSPS) is 14.7. The van der Waals surface area contributed by atoms with Crippen LogP contribution in [0.2, 0.25) is 0 Å². The molecule has 1 atom stereocenters. The maximum absolute atomic E-state index is 12.0. The summed E-state index contributed by atoms with van der Waals surface area (Å²) in [6.07, 6.45) is 0.877. The summed E-state index contributed by atoms with van der Waals surface area (Å²) in [6.45, 7) is 6.70. The Morgan fingerprint density at radius 2 is 2.24 bits per heavy atom. The van der Waals surface area contributed by atoms with Crippen LogP contribution >= 0.6 is 27.3 Å². The number of carbonyl (C=O) groups is 1. The fourth-order valence-corrected chi connectivity index (χ4v) is 3.14. The smallest absolute Gasteiger partial charge is 0.261 e. The first-order valence-electron chi connectivity index (χ1n) is 5.64. The summed E-state index contributed by atoms with van der Waals surface area (Å²) in [5.41, 5.74) is 5.43. The molecule has 0 aliphatic carbocycles. The molecule has 1 unspecified atom stereocenters. The van der Waals surface area contributed by atoms with Crippen LogP contribution in [0.4, 0.5) is 0 Å². The Kier molecular flexibility index (Phi) is 5.16. The maximum atomic E-state index is 12.0. The second-order valence-corrected chi connectivity index (χ2v) is 7.38. The summed E-state index contributed by atoms with van der Waals surface area (Å²) in [4.78, 5) is 12.7. The Bertz CT molecular complexity index is 392. The van der Waals surface area contributed by atoms with Crippen LogP contribution in [0.15, 0.2) is 15.9 Å². The van der Waals surface area contributed by atoms with Gasteiger partial charge >= 0.3 is 0 Å². The van der Waals surface area contributed by atoms with Gasteiger partial charge in [-0.05, 0) is 47.3 Å². The number of nitrogens with one attached hydrogen (secondary N) is 1. The molecule has 0 aliphatic rings. The zero-order valence-corrected chi connectivity index (χ0v) is 12.8. The van der Waals surface area contributed by atoms with Gasteiger partial charge in [0, 0.05) is 6.54 Å². The van der Waals surface area contributed by atoms with Crippen LogP contribution in [0.5, 0.6) is 0 Å². The second kappa shape index (κ2) is 5.98. The highest BCUT2D eigenvalue weighted by molar-refractivity contribution is 9.11. The molecular formula is C12H19BrN2OS. The molecule has 1 aromatic heterocycles. The van der Waals surface area contributed by atoms with E-state index in [-0.39, 0.29) is 11.4 Å². The number of amides is 1. The summed E-state index contributed by atoms with van der Waals surface area (Å²) < 4.78 is 0.959. The van der Waals surface area contributed by atoms with E-state index in [1.54, 1.807) is 0 Å². The standard InChI is InChI=1S/C12H19BrN2OS/c1-8(2)6-12(3,7-14)15-11(16)9-4-5-10(13)17-9/h4-5,8H,6-7,14H2,1-3H3,(H,15,16). The van der Waals surface area contributed by atoms with Crippen molar-refractivity contribution < 1.29 is 4.79 Å². The van der Waals surface area contributed by atoms with Crippen molar-refractivity contribution in [2.24, 2.45) is 11.7 Å². The minimum absolute atomic E-state index is 0.0469. The first-order valence-corrected chi connectivity index (χ1v) is 7.25. The fraction of sp³-hybridized carbons (Fsp3) is 0.583. The quantitative estimate of drug-likeness (QED) is 0.876. The number of hydrogen-bond acceptors (Lipinski definition) is 3. The summed E-state index contributed by atoms with van der Waals surface area (Å²) in [5, 5.41) is 3.03. The van der Waals surface area contributed by atoms with Gasteiger partial charge in [0.25, 0.3) is 5.91 Å². The van der Waals surface area contributed by atoms with Crippen molar-refractivity contribution in [1.82, 2.24) is 5.32 Å².